The lowest BCUT2D eigenvalue weighted by Crippen LogP contribution is -2.20. The SMILES string of the molecule is CNC(CCO)c1cc2c(cc1C)OCCO2. The summed E-state index contributed by atoms with van der Waals surface area (Å²) in [5, 5.41) is 12.3. The fourth-order valence-electron chi connectivity index (χ4n) is 2.17. The molecule has 1 aliphatic heterocycles. The summed E-state index contributed by atoms with van der Waals surface area (Å²) in [4.78, 5) is 0. The van der Waals surface area contributed by atoms with E-state index in [1.807, 2.05) is 19.2 Å². The van der Waals surface area contributed by atoms with E-state index in [0.717, 1.165) is 22.6 Å². The van der Waals surface area contributed by atoms with Crippen molar-refractivity contribution in [2.24, 2.45) is 0 Å². The molecule has 0 saturated carbocycles. The molecule has 0 amide bonds. The maximum atomic E-state index is 9.06. The van der Waals surface area contributed by atoms with Crippen molar-refractivity contribution in [2.75, 3.05) is 26.9 Å². The van der Waals surface area contributed by atoms with E-state index in [2.05, 4.69) is 12.2 Å². The van der Waals surface area contributed by atoms with E-state index in [4.69, 9.17) is 14.6 Å². The minimum Gasteiger partial charge on any atom is -0.486 e. The second-order valence-corrected chi connectivity index (χ2v) is 4.21. The Morgan fingerprint density at radius 3 is 2.53 bits per heavy atom. The Balaban J connectivity index is 2.33. The summed E-state index contributed by atoms with van der Waals surface area (Å²) in [6, 6.07) is 4.17. The van der Waals surface area contributed by atoms with Gasteiger partial charge in [0, 0.05) is 12.6 Å². The van der Waals surface area contributed by atoms with Crippen molar-refractivity contribution >= 4 is 0 Å². The number of hydrogen-bond donors (Lipinski definition) is 2. The van der Waals surface area contributed by atoms with Crippen LogP contribution in [0.5, 0.6) is 11.5 Å². The largest absolute Gasteiger partial charge is 0.486 e. The molecular weight excluding hydrogens is 218 g/mol. The quantitative estimate of drug-likeness (QED) is 0.831. The highest BCUT2D eigenvalue weighted by atomic mass is 16.6. The average molecular weight is 237 g/mol. The predicted molar refractivity (Wildman–Crippen MR) is 65.7 cm³/mol. The molecule has 0 aromatic heterocycles. The van der Waals surface area contributed by atoms with Crippen molar-refractivity contribution in [1.82, 2.24) is 5.32 Å². The van der Waals surface area contributed by atoms with Crippen molar-refractivity contribution in [3.8, 4) is 11.5 Å². The van der Waals surface area contributed by atoms with E-state index >= 15 is 0 Å². The number of hydrogen-bond acceptors (Lipinski definition) is 4. The predicted octanol–water partition coefficient (Wildman–Crippen LogP) is 1.41. The van der Waals surface area contributed by atoms with Crippen LogP contribution < -0.4 is 14.8 Å². The molecule has 1 unspecified atom stereocenters. The van der Waals surface area contributed by atoms with Gasteiger partial charge >= 0.3 is 0 Å². The standard InChI is InChI=1S/C13H19NO3/c1-9-7-12-13(17-6-5-16-12)8-10(9)11(14-2)3-4-15/h7-8,11,14-15H,3-6H2,1-2H3. The molecule has 1 atom stereocenters. The molecule has 0 spiro atoms. The third kappa shape index (κ3) is 2.53. The number of aliphatic hydroxyl groups excluding tert-OH is 1. The Labute approximate surface area is 102 Å². The number of rotatable bonds is 4. The number of fused-ring (bicyclic) bond motifs is 1. The fraction of sp³-hybridized carbons (Fsp3) is 0.538. The van der Waals surface area contributed by atoms with Gasteiger partial charge in [-0.15, -0.1) is 0 Å². The molecule has 4 heteroatoms. The molecule has 0 saturated heterocycles. The Morgan fingerprint density at radius 2 is 1.94 bits per heavy atom. The van der Waals surface area contributed by atoms with E-state index < -0.39 is 0 Å². The molecule has 0 bridgehead atoms. The van der Waals surface area contributed by atoms with Crippen LogP contribution in [0.2, 0.25) is 0 Å². The molecule has 1 aromatic rings. The Morgan fingerprint density at radius 1 is 1.29 bits per heavy atom. The molecular formula is C13H19NO3. The van der Waals surface area contributed by atoms with Crippen LogP contribution in [0.25, 0.3) is 0 Å². The van der Waals surface area contributed by atoms with Crippen LogP contribution >= 0.6 is 0 Å². The molecule has 0 aliphatic carbocycles. The zero-order chi connectivity index (χ0) is 12.3. The third-order valence-corrected chi connectivity index (χ3v) is 3.07. The zero-order valence-electron chi connectivity index (χ0n) is 10.3. The van der Waals surface area contributed by atoms with Gasteiger partial charge in [-0.05, 0) is 43.7 Å². The molecule has 0 fully saturated rings. The summed E-state index contributed by atoms with van der Waals surface area (Å²) in [5.41, 5.74) is 2.31. The van der Waals surface area contributed by atoms with E-state index in [1.165, 1.54) is 0 Å². The maximum absolute atomic E-state index is 9.06. The minimum absolute atomic E-state index is 0.149. The van der Waals surface area contributed by atoms with Crippen LogP contribution in [-0.2, 0) is 0 Å². The minimum atomic E-state index is 0.149. The summed E-state index contributed by atoms with van der Waals surface area (Å²) in [7, 11) is 1.90. The average Bonchev–Trinajstić information content (AvgIpc) is 2.35. The summed E-state index contributed by atoms with van der Waals surface area (Å²) < 4.78 is 11.1. The van der Waals surface area contributed by atoms with E-state index in [9.17, 15) is 0 Å². The first kappa shape index (κ1) is 12.2. The molecule has 1 aromatic carbocycles. The molecule has 1 aliphatic rings. The van der Waals surface area contributed by atoms with Crippen LogP contribution in [0.15, 0.2) is 12.1 Å². The van der Waals surface area contributed by atoms with E-state index in [1.54, 1.807) is 0 Å². The maximum Gasteiger partial charge on any atom is 0.161 e. The van der Waals surface area contributed by atoms with Gasteiger partial charge in [-0.3, -0.25) is 0 Å². The van der Waals surface area contributed by atoms with E-state index in [0.29, 0.717) is 19.6 Å². The summed E-state index contributed by atoms with van der Waals surface area (Å²) in [6.07, 6.45) is 0.691. The van der Waals surface area contributed by atoms with Gasteiger partial charge in [0.25, 0.3) is 0 Å². The highest BCUT2D eigenvalue weighted by Crippen LogP contribution is 2.35. The van der Waals surface area contributed by atoms with Gasteiger partial charge in [0.05, 0.1) is 0 Å². The Bertz CT molecular complexity index is 392. The first-order valence-corrected chi connectivity index (χ1v) is 5.94. The van der Waals surface area contributed by atoms with Gasteiger partial charge in [0.15, 0.2) is 11.5 Å². The second kappa shape index (κ2) is 5.38. The first-order valence-electron chi connectivity index (χ1n) is 5.94. The third-order valence-electron chi connectivity index (χ3n) is 3.07. The smallest absolute Gasteiger partial charge is 0.161 e. The van der Waals surface area contributed by atoms with Gasteiger partial charge in [-0.25, -0.2) is 0 Å². The molecule has 17 heavy (non-hydrogen) atoms. The lowest BCUT2D eigenvalue weighted by atomic mass is 9.98. The number of benzene rings is 1. The van der Waals surface area contributed by atoms with Gasteiger partial charge in [0.2, 0.25) is 0 Å². The second-order valence-electron chi connectivity index (χ2n) is 4.21. The van der Waals surface area contributed by atoms with E-state index in [-0.39, 0.29) is 12.6 Å². The van der Waals surface area contributed by atoms with Crippen LogP contribution in [0.4, 0.5) is 0 Å². The van der Waals surface area contributed by atoms with Gasteiger partial charge in [-0.1, -0.05) is 0 Å². The summed E-state index contributed by atoms with van der Waals surface area (Å²) >= 11 is 0. The van der Waals surface area contributed by atoms with Crippen LogP contribution in [-0.4, -0.2) is 32.0 Å². The number of nitrogens with one attached hydrogen (secondary N) is 1. The number of aliphatic hydroxyl groups is 1. The van der Waals surface area contributed by atoms with Crippen molar-refractivity contribution in [1.29, 1.82) is 0 Å². The highest BCUT2D eigenvalue weighted by molar-refractivity contribution is 5.48. The summed E-state index contributed by atoms with van der Waals surface area (Å²) in [6.45, 7) is 3.42. The van der Waals surface area contributed by atoms with Crippen LogP contribution in [0, 0.1) is 6.92 Å². The van der Waals surface area contributed by atoms with Crippen LogP contribution in [0.3, 0.4) is 0 Å². The van der Waals surface area contributed by atoms with Crippen molar-refractivity contribution in [2.45, 2.75) is 19.4 Å². The van der Waals surface area contributed by atoms with Gasteiger partial charge in [-0.2, -0.15) is 0 Å². The topological polar surface area (TPSA) is 50.7 Å². The van der Waals surface area contributed by atoms with Gasteiger partial charge in [0.1, 0.15) is 13.2 Å². The fourth-order valence-corrected chi connectivity index (χ4v) is 2.17. The molecule has 2 rings (SSSR count). The Hall–Kier alpha value is -1.26. The lowest BCUT2D eigenvalue weighted by Gasteiger charge is -2.23. The van der Waals surface area contributed by atoms with Crippen molar-refractivity contribution < 1.29 is 14.6 Å². The van der Waals surface area contributed by atoms with Crippen LogP contribution in [0.1, 0.15) is 23.6 Å². The van der Waals surface area contributed by atoms with Gasteiger partial charge < -0.3 is 19.9 Å². The van der Waals surface area contributed by atoms with Crippen molar-refractivity contribution in [3.63, 3.8) is 0 Å². The zero-order valence-corrected chi connectivity index (χ0v) is 10.3. The molecule has 4 nitrogen and oxygen atoms in total. The van der Waals surface area contributed by atoms with Crippen molar-refractivity contribution in [3.05, 3.63) is 23.3 Å². The molecule has 1 heterocycles. The first-order chi connectivity index (χ1) is 8.26. The Kier molecular flexibility index (Phi) is 3.86. The highest BCUT2D eigenvalue weighted by Gasteiger charge is 2.18. The normalized spacial score (nSPS) is 15.7. The molecule has 2 N–H and O–H groups in total. The monoisotopic (exact) mass is 237 g/mol. The summed E-state index contributed by atoms with van der Waals surface area (Å²) in [5.74, 6) is 1.62. The number of ether oxygens (including phenoxy) is 2. The molecule has 0 radical (unpaired) electrons. The number of aryl methyl sites for hydroxylation is 1. The lowest BCUT2D eigenvalue weighted by molar-refractivity contribution is 0.171. The molecule has 94 valence electrons.